The number of carbonyl (C=O) groups is 1. The Balaban J connectivity index is 1.88. The summed E-state index contributed by atoms with van der Waals surface area (Å²) in [4.78, 5) is 12.3. The van der Waals surface area contributed by atoms with Crippen molar-refractivity contribution in [1.29, 1.82) is 0 Å². The number of carbonyl (C=O) groups excluding carboxylic acids is 1. The molecule has 0 amide bonds. The maximum atomic E-state index is 11.6. The first-order valence-electron chi connectivity index (χ1n) is 6.66. The van der Waals surface area contributed by atoms with E-state index < -0.39 is 0 Å². The van der Waals surface area contributed by atoms with E-state index in [1.54, 1.807) is 0 Å². The molecular formula is C17H15NO2S. The Hall–Kier alpha value is -2.33. The lowest BCUT2D eigenvalue weighted by Crippen LogP contribution is -1.99. The van der Waals surface area contributed by atoms with Gasteiger partial charge in [0.15, 0.2) is 0 Å². The van der Waals surface area contributed by atoms with Crippen molar-refractivity contribution in [3.8, 4) is 0 Å². The molecule has 0 atom stereocenters. The second kappa shape index (κ2) is 5.97. The fourth-order valence-electron chi connectivity index (χ4n) is 2.21. The fourth-order valence-corrected chi connectivity index (χ4v) is 3.22. The summed E-state index contributed by atoms with van der Waals surface area (Å²) in [5.41, 5.74) is 2.25. The maximum Gasteiger partial charge on any atom is 0.348 e. The highest BCUT2D eigenvalue weighted by atomic mass is 32.1. The van der Waals surface area contributed by atoms with Gasteiger partial charge in [0.2, 0.25) is 0 Å². The molecule has 0 saturated heterocycles. The second-order valence-electron chi connectivity index (χ2n) is 4.66. The van der Waals surface area contributed by atoms with Gasteiger partial charge in [0.25, 0.3) is 0 Å². The predicted octanol–water partition coefficient (Wildman–Crippen LogP) is 4.30. The van der Waals surface area contributed by atoms with E-state index in [1.807, 2.05) is 42.5 Å². The molecule has 0 aliphatic carbocycles. The van der Waals surface area contributed by atoms with Crippen molar-refractivity contribution in [3.05, 3.63) is 65.0 Å². The number of hydrogen-bond donors (Lipinski definition) is 1. The summed E-state index contributed by atoms with van der Waals surface area (Å²) < 4.78 is 5.86. The van der Waals surface area contributed by atoms with E-state index in [1.165, 1.54) is 24.0 Å². The lowest BCUT2D eigenvalue weighted by atomic mass is 10.2. The highest BCUT2D eigenvalue weighted by molar-refractivity contribution is 7.20. The normalized spacial score (nSPS) is 10.5. The van der Waals surface area contributed by atoms with Crippen LogP contribution in [0.25, 0.3) is 10.1 Å². The van der Waals surface area contributed by atoms with E-state index in [4.69, 9.17) is 4.74 Å². The lowest BCUT2D eigenvalue weighted by Gasteiger charge is -2.07. The molecule has 3 aromatic rings. The van der Waals surface area contributed by atoms with Crippen LogP contribution in [0.2, 0.25) is 0 Å². The Morgan fingerprint density at radius 1 is 1.14 bits per heavy atom. The van der Waals surface area contributed by atoms with Gasteiger partial charge in [-0.3, -0.25) is 0 Å². The van der Waals surface area contributed by atoms with Gasteiger partial charge in [0, 0.05) is 22.3 Å². The fraction of sp³-hybridized carbons (Fsp3) is 0.118. The number of ether oxygens (including phenoxy) is 1. The monoisotopic (exact) mass is 297 g/mol. The van der Waals surface area contributed by atoms with Crippen molar-refractivity contribution in [3.63, 3.8) is 0 Å². The number of methoxy groups -OCH3 is 1. The number of nitrogens with one attached hydrogen (secondary N) is 1. The van der Waals surface area contributed by atoms with E-state index in [0.29, 0.717) is 4.88 Å². The minimum Gasteiger partial charge on any atom is -0.465 e. The largest absolute Gasteiger partial charge is 0.465 e. The molecule has 0 spiro atoms. The Morgan fingerprint density at radius 2 is 1.95 bits per heavy atom. The summed E-state index contributed by atoms with van der Waals surface area (Å²) in [6, 6.07) is 18.1. The molecule has 0 aliphatic rings. The van der Waals surface area contributed by atoms with Crippen molar-refractivity contribution < 1.29 is 9.53 Å². The molecule has 0 bridgehead atoms. The molecule has 106 valence electrons. The molecule has 0 radical (unpaired) electrons. The molecule has 4 heteroatoms. The molecular weight excluding hydrogens is 282 g/mol. The van der Waals surface area contributed by atoms with Crippen molar-refractivity contribution in [2.75, 3.05) is 12.4 Å². The molecule has 0 saturated carbocycles. The van der Waals surface area contributed by atoms with Crippen LogP contribution in [0.5, 0.6) is 0 Å². The standard InChI is InChI=1S/C17H15NO2S/c1-20-17(19)16-10-13-14(8-5-9-15(13)21-16)18-11-12-6-3-2-4-7-12/h2-10,18H,11H2,1H3. The summed E-state index contributed by atoms with van der Waals surface area (Å²) >= 11 is 1.45. The van der Waals surface area contributed by atoms with E-state index in [9.17, 15) is 4.79 Å². The van der Waals surface area contributed by atoms with E-state index in [-0.39, 0.29) is 5.97 Å². The minimum atomic E-state index is -0.287. The number of anilines is 1. The first kappa shape index (κ1) is 13.6. The third kappa shape index (κ3) is 2.90. The molecule has 0 fully saturated rings. The van der Waals surface area contributed by atoms with Crippen molar-refractivity contribution in [2.24, 2.45) is 0 Å². The smallest absolute Gasteiger partial charge is 0.348 e. The highest BCUT2D eigenvalue weighted by Gasteiger charge is 2.12. The third-order valence-electron chi connectivity index (χ3n) is 3.27. The molecule has 0 aliphatic heterocycles. The van der Waals surface area contributed by atoms with Crippen LogP contribution in [-0.2, 0) is 11.3 Å². The van der Waals surface area contributed by atoms with Gasteiger partial charge in [0.05, 0.1) is 7.11 Å². The van der Waals surface area contributed by atoms with Gasteiger partial charge < -0.3 is 10.1 Å². The van der Waals surface area contributed by atoms with Crippen LogP contribution in [0, 0.1) is 0 Å². The van der Waals surface area contributed by atoms with E-state index >= 15 is 0 Å². The van der Waals surface area contributed by atoms with Crippen LogP contribution < -0.4 is 5.32 Å². The Kier molecular flexibility index (Phi) is 3.88. The SMILES string of the molecule is COC(=O)c1cc2c(NCc3ccccc3)cccc2s1. The van der Waals surface area contributed by atoms with Crippen molar-refractivity contribution >= 4 is 33.1 Å². The summed E-state index contributed by atoms with van der Waals surface area (Å²) in [5, 5.41) is 4.48. The number of esters is 1. The summed E-state index contributed by atoms with van der Waals surface area (Å²) in [7, 11) is 1.40. The van der Waals surface area contributed by atoms with Crippen molar-refractivity contribution in [1.82, 2.24) is 0 Å². The zero-order valence-corrected chi connectivity index (χ0v) is 12.4. The van der Waals surface area contributed by atoms with Gasteiger partial charge in [-0.15, -0.1) is 11.3 Å². The zero-order valence-electron chi connectivity index (χ0n) is 11.6. The van der Waals surface area contributed by atoms with Gasteiger partial charge in [-0.25, -0.2) is 4.79 Å². The molecule has 3 rings (SSSR count). The second-order valence-corrected chi connectivity index (χ2v) is 5.74. The Morgan fingerprint density at radius 3 is 2.71 bits per heavy atom. The number of hydrogen-bond acceptors (Lipinski definition) is 4. The number of rotatable bonds is 4. The van der Waals surface area contributed by atoms with Gasteiger partial charge in [-0.1, -0.05) is 36.4 Å². The topological polar surface area (TPSA) is 38.3 Å². The molecule has 1 heterocycles. The first-order chi connectivity index (χ1) is 10.3. The third-order valence-corrected chi connectivity index (χ3v) is 4.35. The van der Waals surface area contributed by atoms with Crippen LogP contribution >= 0.6 is 11.3 Å². The van der Waals surface area contributed by atoms with Gasteiger partial charge in [-0.2, -0.15) is 0 Å². The van der Waals surface area contributed by atoms with Crippen LogP contribution in [-0.4, -0.2) is 13.1 Å². The first-order valence-corrected chi connectivity index (χ1v) is 7.48. The van der Waals surface area contributed by atoms with Crippen LogP contribution in [0.4, 0.5) is 5.69 Å². The lowest BCUT2D eigenvalue weighted by molar-refractivity contribution is 0.0606. The Bertz CT molecular complexity index is 765. The Labute approximate surface area is 127 Å². The molecule has 3 nitrogen and oxygen atoms in total. The average molecular weight is 297 g/mol. The number of benzene rings is 2. The molecule has 21 heavy (non-hydrogen) atoms. The summed E-state index contributed by atoms with van der Waals surface area (Å²) in [6.45, 7) is 0.753. The summed E-state index contributed by atoms with van der Waals surface area (Å²) in [6.07, 6.45) is 0. The number of fused-ring (bicyclic) bond motifs is 1. The quantitative estimate of drug-likeness (QED) is 0.730. The van der Waals surface area contributed by atoms with Crippen LogP contribution in [0.1, 0.15) is 15.2 Å². The average Bonchev–Trinajstić information content (AvgIpc) is 2.97. The maximum absolute atomic E-state index is 11.6. The van der Waals surface area contributed by atoms with Gasteiger partial charge in [-0.05, 0) is 23.8 Å². The van der Waals surface area contributed by atoms with Crippen LogP contribution in [0.3, 0.4) is 0 Å². The molecule has 1 N–H and O–H groups in total. The highest BCUT2D eigenvalue weighted by Crippen LogP contribution is 2.31. The van der Waals surface area contributed by atoms with Gasteiger partial charge >= 0.3 is 5.97 Å². The molecule has 0 unspecified atom stereocenters. The van der Waals surface area contributed by atoms with E-state index in [0.717, 1.165) is 22.3 Å². The van der Waals surface area contributed by atoms with Crippen molar-refractivity contribution in [2.45, 2.75) is 6.54 Å². The van der Waals surface area contributed by atoms with Crippen LogP contribution in [0.15, 0.2) is 54.6 Å². The predicted molar refractivity (Wildman–Crippen MR) is 86.9 cm³/mol. The molecule has 1 aromatic heterocycles. The molecule has 2 aromatic carbocycles. The van der Waals surface area contributed by atoms with E-state index in [2.05, 4.69) is 17.4 Å². The van der Waals surface area contributed by atoms with Gasteiger partial charge in [0.1, 0.15) is 4.88 Å². The number of thiophene rings is 1. The zero-order chi connectivity index (χ0) is 14.7. The minimum absolute atomic E-state index is 0.287. The summed E-state index contributed by atoms with van der Waals surface area (Å²) in [5.74, 6) is -0.287.